The lowest BCUT2D eigenvalue weighted by Crippen LogP contribution is -2.58. The van der Waals surface area contributed by atoms with Crippen molar-refractivity contribution in [2.24, 2.45) is 0 Å². The molecular weight excluding hydrogens is 594 g/mol. The number of nitrogens with one attached hydrogen (secondary N) is 1. The molecule has 0 atom stereocenters. The molecule has 3 heterocycles. The number of benzene rings is 1. The van der Waals surface area contributed by atoms with Gasteiger partial charge in [0.2, 0.25) is 0 Å². The molecule has 2 aromatic heterocycles. The van der Waals surface area contributed by atoms with Gasteiger partial charge in [-0.15, -0.1) is 6.42 Å². The number of imidazole rings is 1. The summed E-state index contributed by atoms with van der Waals surface area (Å²) >= 11 is 6.31. The largest absolute Gasteiger partial charge is 0.379 e. The highest BCUT2D eigenvalue weighted by atomic mass is 35.5. The second-order valence-electron chi connectivity index (χ2n) is 11.3. The van der Waals surface area contributed by atoms with E-state index in [1.807, 2.05) is 31.4 Å². The summed E-state index contributed by atoms with van der Waals surface area (Å²) in [6.45, 7) is 7.04. The van der Waals surface area contributed by atoms with Gasteiger partial charge in [-0.3, -0.25) is 4.98 Å². The SMILES string of the molecule is C#CCOCCOCCOCCOCCCCCCCn1c(CN(C)c2cnccc2C2(C=O)CNC2)nc2cc(Cl)ccc21. The maximum Gasteiger partial charge on any atom is 0.133 e. The van der Waals surface area contributed by atoms with Gasteiger partial charge in [0, 0.05) is 44.5 Å². The van der Waals surface area contributed by atoms with Crippen molar-refractivity contribution < 1.29 is 23.7 Å². The van der Waals surface area contributed by atoms with E-state index in [9.17, 15) is 4.79 Å². The highest BCUT2D eigenvalue weighted by Gasteiger charge is 2.40. The van der Waals surface area contributed by atoms with E-state index < -0.39 is 5.41 Å². The predicted molar refractivity (Wildman–Crippen MR) is 177 cm³/mol. The van der Waals surface area contributed by atoms with Crippen LogP contribution in [0.25, 0.3) is 11.0 Å². The highest BCUT2D eigenvalue weighted by Crippen LogP contribution is 2.34. The number of pyridine rings is 1. The summed E-state index contributed by atoms with van der Waals surface area (Å²) in [4.78, 5) is 23.5. The second-order valence-corrected chi connectivity index (χ2v) is 11.7. The molecule has 1 fully saturated rings. The molecule has 1 N–H and O–H groups in total. The van der Waals surface area contributed by atoms with Crippen LogP contribution >= 0.6 is 11.6 Å². The average molecular weight is 640 g/mol. The Bertz CT molecular complexity index is 1370. The number of aromatic nitrogens is 3. The molecule has 45 heavy (non-hydrogen) atoms. The monoisotopic (exact) mass is 639 g/mol. The molecule has 0 bridgehead atoms. The third-order valence-electron chi connectivity index (χ3n) is 7.99. The normalized spacial score (nSPS) is 13.9. The Morgan fingerprint density at radius 2 is 1.69 bits per heavy atom. The number of rotatable bonds is 23. The van der Waals surface area contributed by atoms with Gasteiger partial charge in [0.25, 0.3) is 0 Å². The Morgan fingerprint density at radius 3 is 2.38 bits per heavy atom. The van der Waals surface area contributed by atoms with Crippen molar-refractivity contribution in [3.63, 3.8) is 0 Å². The molecule has 3 aromatic rings. The summed E-state index contributed by atoms with van der Waals surface area (Å²) in [6.07, 6.45) is 15.3. The van der Waals surface area contributed by atoms with Crippen LogP contribution in [0.15, 0.2) is 36.7 Å². The van der Waals surface area contributed by atoms with Crippen molar-refractivity contribution >= 4 is 34.6 Å². The summed E-state index contributed by atoms with van der Waals surface area (Å²) < 4.78 is 24.1. The van der Waals surface area contributed by atoms with Crippen molar-refractivity contribution in [2.45, 2.75) is 50.6 Å². The van der Waals surface area contributed by atoms with Gasteiger partial charge in [0.1, 0.15) is 18.7 Å². The summed E-state index contributed by atoms with van der Waals surface area (Å²) in [5, 5.41) is 3.92. The van der Waals surface area contributed by atoms with Crippen LogP contribution in [-0.2, 0) is 42.2 Å². The smallest absolute Gasteiger partial charge is 0.133 e. The van der Waals surface area contributed by atoms with Gasteiger partial charge in [-0.1, -0.05) is 36.8 Å². The fourth-order valence-corrected chi connectivity index (χ4v) is 5.62. The number of nitrogens with zero attached hydrogens (tertiary/aromatic N) is 4. The number of ether oxygens (including phenoxy) is 4. The molecule has 1 aliphatic heterocycles. The Morgan fingerprint density at radius 1 is 1.00 bits per heavy atom. The molecule has 0 amide bonds. The molecule has 4 rings (SSSR count). The average Bonchev–Trinajstić information content (AvgIpc) is 3.35. The zero-order valence-electron chi connectivity index (χ0n) is 26.3. The first-order valence-corrected chi connectivity index (χ1v) is 16.2. The number of fused-ring (bicyclic) bond motifs is 1. The van der Waals surface area contributed by atoms with Crippen LogP contribution in [0.5, 0.6) is 0 Å². The Labute approximate surface area is 271 Å². The van der Waals surface area contributed by atoms with Crippen LogP contribution in [-0.4, -0.2) is 93.8 Å². The number of terminal acetylenes is 1. The van der Waals surface area contributed by atoms with Crippen molar-refractivity contribution in [1.29, 1.82) is 0 Å². The molecule has 0 spiro atoms. The van der Waals surface area contributed by atoms with E-state index in [4.69, 9.17) is 42.0 Å². The molecule has 1 aromatic carbocycles. The summed E-state index contributed by atoms with van der Waals surface area (Å²) in [5.41, 5.74) is 3.42. The third-order valence-corrected chi connectivity index (χ3v) is 8.23. The van der Waals surface area contributed by atoms with E-state index in [1.165, 1.54) is 0 Å². The van der Waals surface area contributed by atoms with E-state index in [0.717, 1.165) is 79.7 Å². The van der Waals surface area contributed by atoms with Crippen LogP contribution < -0.4 is 10.2 Å². The second kappa shape index (κ2) is 18.8. The summed E-state index contributed by atoms with van der Waals surface area (Å²) in [6, 6.07) is 7.86. The number of halogens is 1. The van der Waals surface area contributed by atoms with Gasteiger partial charge in [0.15, 0.2) is 0 Å². The summed E-state index contributed by atoms with van der Waals surface area (Å²) in [5.74, 6) is 3.38. The van der Waals surface area contributed by atoms with Crippen LogP contribution in [0.4, 0.5) is 5.69 Å². The summed E-state index contributed by atoms with van der Waals surface area (Å²) in [7, 11) is 2.03. The molecular formula is C34H46ClN5O5. The highest BCUT2D eigenvalue weighted by molar-refractivity contribution is 6.31. The number of carbonyl (C=O) groups excluding carboxylic acids is 1. The van der Waals surface area contributed by atoms with E-state index >= 15 is 0 Å². The predicted octanol–water partition coefficient (Wildman–Crippen LogP) is 4.41. The van der Waals surface area contributed by atoms with Crippen LogP contribution in [0.2, 0.25) is 5.02 Å². The van der Waals surface area contributed by atoms with Crippen molar-refractivity contribution in [1.82, 2.24) is 19.9 Å². The number of carbonyl (C=O) groups is 1. The lowest BCUT2D eigenvalue weighted by molar-refractivity contribution is -0.114. The van der Waals surface area contributed by atoms with Crippen molar-refractivity contribution in [3.8, 4) is 12.3 Å². The minimum absolute atomic E-state index is 0.314. The maximum absolute atomic E-state index is 12.1. The number of hydrogen-bond acceptors (Lipinski definition) is 9. The van der Waals surface area contributed by atoms with E-state index in [-0.39, 0.29) is 0 Å². The molecule has 1 aliphatic rings. The third kappa shape index (κ3) is 10.2. The topological polar surface area (TPSA) is 100.0 Å². The zero-order valence-corrected chi connectivity index (χ0v) is 27.1. The molecule has 1 saturated heterocycles. The maximum atomic E-state index is 12.1. The lowest BCUT2D eigenvalue weighted by Gasteiger charge is -2.40. The first kappa shape index (κ1) is 34.8. The molecule has 0 saturated carbocycles. The van der Waals surface area contributed by atoms with E-state index in [1.54, 1.807) is 6.20 Å². The fourth-order valence-electron chi connectivity index (χ4n) is 5.46. The molecule has 10 nitrogen and oxygen atoms in total. The van der Waals surface area contributed by atoms with Crippen LogP contribution in [0.1, 0.15) is 43.5 Å². The van der Waals surface area contributed by atoms with Crippen LogP contribution in [0, 0.1) is 12.3 Å². The molecule has 244 valence electrons. The minimum Gasteiger partial charge on any atom is -0.379 e. The first-order chi connectivity index (χ1) is 22.1. The van der Waals surface area contributed by atoms with Gasteiger partial charge in [-0.2, -0.15) is 0 Å². The zero-order chi connectivity index (χ0) is 31.7. The van der Waals surface area contributed by atoms with Gasteiger partial charge in [-0.25, -0.2) is 4.98 Å². The number of anilines is 1. The Balaban J connectivity index is 1.17. The van der Waals surface area contributed by atoms with Gasteiger partial charge < -0.3 is 38.5 Å². The number of unbranched alkanes of at least 4 members (excludes halogenated alkanes) is 4. The van der Waals surface area contributed by atoms with E-state index in [0.29, 0.717) is 70.9 Å². The quantitative estimate of drug-likeness (QED) is 0.0919. The van der Waals surface area contributed by atoms with Gasteiger partial charge >= 0.3 is 0 Å². The Kier molecular flexibility index (Phi) is 14.6. The minimum atomic E-state index is -0.506. The molecule has 0 unspecified atom stereocenters. The standard InChI is InChI=1S/C34H46ClN5O5/c1-3-14-42-16-18-44-20-21-45-19-17-43-15-8-6-4-5-7-13-40-31-10-9-28(35)22-30(31)38-33(40)24-39(2)32-23-36-12-11-29(32)34(27-41)25-37-26-34/h1,9-12,22-23,27,37H,4-8,13-21,24-26H2,2H3. The van der Waals surface area contributed by atoms with Gasteiger partial charge in [-0.05, 0) is 42.7 Å². The van der Waals surface area contributed by atoms with E-state index in [2.05, 4.69) is 31.8 Å². The fraction of sp³-hybridized carbons (Fsp3) is 0.559. The first-order valence-electron chi connectivity index (χ1n) is 15.8. The number of hydrogen-bond donors (Lipinski definition) is 1. The number of aryl methyl sites for hydroxylation is 1. The molecule has 0 radical (unpaired) electrons. The lowest BCUT2D eigenvalue weighted by atomic mass is 9.76. The number of aldehydes is 1. The molecule has 11 heteroatoms. The van der Waals surface area contributed by atoms with Crippen molar-refractivity contribution in [3.05, 3.63) is 53.1 Å². The van der Waals surface area contributed by atoms with Crippen molar-refractivity contribution in [2.75, 3.05) is 77.9 Å². The Hall–Kier alpha value is -3.04. The molecule has 0 aliphatic carbocycles. The van der Waals surface area contributed by atoms with Gasteiger partial charge in [0.05, 0.1) is 74.5 Å². The van der Waals surface area contributed by atoms with Crippen LogP contribution in [0.3, 0.4) is 0 Å².